The highest BCUT2D eigenvalue weighted by Crippen LogP contribution is 2.70. The summed E-state index contributed by atoms with van der Waals surface area (Å²) in [6.07, 6.45) is 1.55. The van der Waals surface area contributed by atoms with Crippen LogP contribution >= 0.6 is 0 Å². The standard InChI is InChI=1S/C29H43NO10/c1-15-22(32)23(33)24(34)25(39-15)40-17-3-8-27(14-30-37)19-4-7-26(2)18(16-11-21(31)38-13-16)6-10-29(26,36)20(19)5-9-28(27,35)12-17/h11,14-15,17-20,22-25,32-37H,3-10,12-13H2,1-2H3/b30-14-/t15-,17+,18-,19-,20+,22-,23+,24+,25+,26+,27-,28-,29-/m0/s1. The topological polar surface area (TPSA) is 178 Å². The van der Waals surface area contributed by atoms with E-state index in [0.29, 0.717) is 38.5 Å². The summed E-state index contributed by atoms with van der Waals surface area (Å²) >= 11 is 0. The van der Waals surface area contributed by atoms with Crippen LogP contribution in [0.3, 0.4) is 0 Å². The normalized spacial score (nSPS) is 54.4. The average Bonchev–Trinajstić information content (AvgIpc) is 3.46. The minimum atomic E-state index is -1.43. The summed E-state index contributed by atoms with van der Waals surface area (Å²) in [5.74, 6) is -0.514. The molecule has 13 atom stereocenters. The molecular formula is C29H43NO10. The predicted molar refractivity (Wildman–Crippen MR) is 139 cm³/mol. The van der Waals surface area contributed by atoms with Crippen LogP contribution in [0.4, 0.5) is 0 Å². The number of ether oxygens (including phenoxy) is 3. The maximum Gasteiger partial charge on any atom is 0.331 e. The van der Waals surface area contributed by atoms with Gasteiger partial charge in [-0.2, -0.15) is 0 Å². The Kier molecular flexibility index (Phi) is 6.93. The second kappa shape index (κ2) is 9.72. The lowest BCUT2D eigenvalue weighted by molar-refractivity contribution is -0.316. The van der Waals surface area contributed by atoms with Crippen molar-refractivity contribution in [1.82, 2.24) is 0 Å². The summed E-state index contributed by atoms with van der Waals surface area (Å²) in [5, 5.41) is 68.7. The molecule has 0 aromatic heterocycles. The summed E-state index contributed by atoms with van der Waals surface area (Å²) in [6.45, 7) is 4.00. The van der Waals surface area contributed by atoms with Crippen LogP contribution in [0.5, 0.6) is 0 Å². The van der Waals surface area contributed by atoms with Gasteiger partial charge in [0.15, 0.2) is 6.29 Å². The number of esters is 1. The smallest absolute Gasteiger partial charge is 0.331 e. The van der Waals surface area contributed by atoms with Gasteiger partial charge < -0.3 is 45.0 Å². The Morgan fingerprint density at radius 3 is 2.45 bits per heavy atom. The molecule has 4 aliphatic carbocycles. The minimum absolute atomic E-state index is 0.0514. The molecule has 0 radical (unpaired) electrons. The Morgan fingerprint density at radius 1 is 1.00 bits per heavy atom. The van der Waals surface area contributed by atoms with Crippen LogP contribution in [0.1, 0.15) is 71.6 Å². The SMILES string of the molecule is C[C@@H]1O[C@H](O[C@@H]2CC[C@]3(/C=N\O)[C@H]4CC[C@]5(C)[C@H](C6=CC(=O)OC6)CC[C@]5(O)[C@@H]4CC[C@]3(O)C2)[C@H](O)[C@H](O)[C@H]1O. The van der Waals surface area contributed by atoms with Gasteiger partial charge in [-0.25, -0.2) is 4.79 Å². The van der Waals surface area contributed by atoms with Crippen LogP contribution in [0.25, 0.3) is 0 Å². The number of hydrogen-bond acceptors (Lipinski definition) is 11. The highest BCUT2D eigenvalue weighted by Gasteiger charge is 2.71. The van der Waals surface area contributed by atoms with Gasteiger partial charge in [0.05, 0.1) is 29.6 Å². The molecular weight excluding hydrogens is 522 g/mol. The lowest BCUT2D eigenvalue weighted by Gasteiger charge is -2.65. The molecule has 5 fully saturated rings. The first-order chi connectivity index (χ1) is 18.9. The van der Waals surface area contributed by atoms with Crippen molar-refractivity contribution in [3.8, 4) is 0 Å². The van der Waals surface area contributed by atoms with Gasteiger partial charge >= 0.3 is 5.97 Å². The van der Waals surface area contributed by atoms with E-state index >= 15 is 0 Å². The highest BCUT2D eigenvalue weighted by molar-refractivity contribution is 5.85. The first-order valence-electron chi connectivity index (χ1n) is 14.7. The molecule has 0 aromatic rings. The quantitative estimate of drug-likeness (QED) is 0.0947. The van der Waals surface area contributed by atoms with Crippen LogP contribution in [-0.4, -0.2) is 97.5 Å². The van der Waals surface area contributed by atoms with Crippen molar-refractivity contribution in [3.05, 3.63) is 11.6 Å². The molecule has 0 unspecified atom stereocenters. The fourth-order valence-electron chi connectivity index (χ4n) is 9.88. The molecule has 224 valence electrons. The summed E-state index contributed by atoms with van der Waals surface area (Å²) in [6, 6.07) is 0. The van der Waals surface area contributed by atoms with Gasteiger partial charge in [-0.05, 0) is 81.6 Å². The minimum Gasteiger partial charge on any atom is -0.458 e. The first kappa shape index (κ1) is 28.5. The van der Waals surface area contributed by atoms with E-state index < -0.39 is 58.8 Å². The van der Waals surface area contributed by atoms with Gasteiger partial charge in [-0.15, -0.1) is 5.16 Å². The summed E-state index contributed by atoms with van der Waals surface area (Å²) < 4.78 is 16.9. The van der Waals surface area contributed by atoms with Crippen molar-refractivity contribution in [2.24, 2.45) is 33.7 Å². The van der Waals surface area contributed by atoms with Crippen molar-refractivity contribution in [2.45, 2.75) is 120 Å². The third-order valence-corrected chi connectivity index (χ3v) is 12.0. The molecule has 6 aliphatic rings. The monoisotopic (exact) mass is 565 g/mol. The molecule has 40 heavy (non-hydrogen) atoms. The number of hydrogen-bond donors (Lipinski definition) is 6. The Hall–Kier alpha value is -1.60. The number of nitrogens with zero attached hydrogens (tertiary/aromatic N) is 1. The first-order valence-corrected chi connectivity index (χ1v) is 14.7. The molecule has 6 rings (SSSR count). The fraction of sp³-hybridized carbons (Fsp3) is 0.862. The van der Waals surface area contributed by atoms with E-state index in [9.17, 15) is 35.5 Å². The van der Waals surface area contributed by atoms with E-state index in [0.717, 1.165) is 18.4 Å². The van der Waals surface area contributed by atoms with Gasteiger partial charge in [-0.3, -0.25) is 0 Å². The Balaban J connectivity index is 1.24. The van der Waals surface area contributed by atoms with Crippen molar-refractivity contribution in [2.75, 3.05) is 6.61 Å². The molecule has 11 heteroatoms. The van der Waals surface area contributed by atoms with Crippen LogP contribution in [0, 0.1) is 28.6 Å². The van der Waals surface area contributed by atoms with Crippen LogP contribution in [0.2, 0.25) is 0 Å². The summed E-state index contributed by atoms with van der Waals surface area (Å²) in [4.78, 5) is 11.8. The Labute approximate surface area is 233 Å². The zero-order valence-electron chi connectivity index (χ0n) is 23.2. The van der Waals surface area contributed by atoms with Gasteiger partial charge in [0.25, 0.3) is 0 Å². The van der Waals surface area contributed by atoms with Crippen molar-refractivity contribution >= 4 is 12.2 Å². The number of oxime groups is 1. The van der Waals surface area contributed by atoms with Gasteiger partial charge in [0.1, 0.15) is 24.9 Å². The fourth-order valence-corrected chi connectivity index (χ4v) is 9.88. The lowest BCUT2D eigenvalue weighted by atomic mass is 9.41. The third kappa shape index (κ3) is 3.88. The Bertz CT molecular complexity index is 1080. The molecule has 6 N–H and O–H groups in total. The largest absolute Gasteiger partial charge is 0.458 e. The molecule has 0 bridgehead atoms. The van der Waals surface area contributed by atoms with Gasteiger partial charge in [0.2, 0.25) is 0 Å². The average molecular weight is 566 g/mol. The van der Waals surface area contributed by atoms with Crippen molar-refractivity contribution in [1.29, 1.82) is 0 Å². The van der Waals surface area contributed by atoms with Crippen LogP contribution in [0.15, 0.2) is 16.8 Å². The number of cyclic esters (lactones) is 1. The number of carbonyl (C=O) groups is 1. The molecule has 1 saturated heterocycles. The Morgan fingerprint density at radius 2 is 1.75 bits per heavy atom. The highest BCUT2D eigenvalue weighted by atomic mass is 16.7. The van der Waals surface area contributed by atoms with E-state index in [1.54, 1.807) is 13.0 Å². The summed E-state index contributed by atoms with van der Waals surface area (Å²) in [5.41, 5.74) is -2.62. The van der Waals surface area contributed by atoms with Crippen LogP contribution < -0.4 is 0 Å². The zero-order valence-corrected chi connectivity index (χ0v) is 23.2. The van der Waals surface area contributed by atoms with E-state index in [4.69, 9.17) is 14.2 Å². The molecule has 11 nitrogen and oxygen atoms in total. The molecule has 2 aliphatic heterocycles. The second-order valence-electron chi connectivity index (χ2n) is 13.5. The van der Waals surface area contributed by atoms with Crippen molar-refractivity contribution < 1.29 is 49.7 Å². The van der Waals surface area contributed by atoms with E-state index in [-0.39, 0.29) is 36.8 Å². The molecule has 0 aromatic carbocycles. The van der Waals surface area contributed by atoms with E-state index in [1.165, 1.54) is 6.21 Å². The van der Waals surface area contributed by atoms with Gasteiger partial charge in [-0.1, -0.05) is 6.92 Å². The second-order valence-corrected chi connectivity index (χ2v) is 13.5. The van der Waals surface area contributed by atoms with E-state index in [2.05, 4.69) is 12.1 Å². The lowest BCUT2D eigenvalue weighted by Crippen LogP contribution is -2.69. The van der Waals surface area contributed by atoms with Crippen molar-refractivity contribution in [3.63, 3.8) is 0 Å². The maximum atomic E-state index is 12.4. The third-order valence-electron chi connectivity index (χ3n) is 12.0. The van der Waals surface area contributed by atoms with Gasteiger partial charge in [0, 0.05) is 23.3 Å². The van der Waals surface area contributed by atoms with E-state index in [1.807, 2.05) is 0 Å². The maximum absolute atomic E-state index is 12.4. The predicted octanol–water partition coefficient (Wildman–Crippen LogP) is 1.01. The molecule has 0 spiro atoms. The number of fused-ring (bicyclic) bond motifs is 5. The van der Waals surface area contributed by atoms with Crippen LogP contribution in [-0.2, 0) is 19.0 Å². The summed E-state index contributed by atoms with van der Waals surface area (Å²) in [7, 11) is 0. The number of aliphatic hydroxyl groups is 5. The molecule has 4 saturated carbocycles. The number of carbonyl (C=O) groups excluding carboxylic acids is 1. The number of aliphatic hydroxyl groups excluding tert-OH is 3. The molecule has 0 amide bonds. The zero-order chi connectivity index (χ0) is 28.7. The number of rotatable bonds is 4. The molecule has 2 heterocycles.